The molecular formula is C30H32ClN5O. The molecule has 4 aliphatic rings. The van der Waals surface area contributed by atoms with Crippen molar-refractivity contribution in [2.75, 3.05) is 13.1 Å². The summed E-state index contributed by atoms with van der Waals surface area (Å²) in [6, 6.07) is 17.5. The maximum atomic E-state index is 13.3. The van der Waals surface area contributed by atoms with Gasteiger partial charge in [0.05, 0.1) is 23.0 Å². The molecule has 2 aromatic carbocycles. The second-order valence-electron chi connectivity index (χ2n) is 11.1. The summed E-state index contributed by atoms with van der Waals surface area (Å²) in [6.07, 6.45) is 7.00. The highest BCUT2D eigenvalue weighted by molar-refractivity contribution is 6.30. The van der Waals surface area contributed by atoms with Crippen LogP contribution < -0.4 is 10.6 Å². The number of hydrogen-bond acceptors (Lipinski definition) is 4. The highest BCUT2D eigenvalue weighted by atomic mass is 35.5. The minimum absolute atomic E-state index is 0.174. The summed E-state index contributed by atoms with van der Waals surface area (Å²) in [5, 5.41) is 21.4. The lowest BCUT2D eigenvalue weighted by molar-refractivity contribution is -0.0133. The van der Waals surface area contributed by atoms with Crippen LogP contribution in [0.3, 0.4) is 0 Å². The number of rotatable bonds is 7. The molecule has 0 aliphatic heterocycles. The molecule has 0 radical (unpaired) electrons. The molecule has 190 valence electrons. The van der Waals surface area contributed by atoms with Crippen LogP contribution in [0.15, 0.2) is 48.5 Å². The number of benzene rings is 2. The van der Waals surface area contributed by atoms with Gasteiger partial charge in [-0.3, -0.25) is 4.79 Å². The smallest absolute Gasteiger partial charge is 0.272 e. The average Bonchev–Trinajstić information content (AvgIpc) is 3.25. The first-order chi connectivity index (χ1) is 18.0. The summed E-state index contributed by atoms with van der Waals surface area (Å²) < 4.78 is 1.78. The van der Waals surface area contributed by atoms with Gasteiger partial charge in [0.25, 0.3) is 5.91 Å². The molecule has 4 saturated carbocycles. The van der Waals surface area contributed by atoms with E-state index in [0.717, 1.165) is 52.7 Å². The van der Waals surface area contributed by atoms with Crippen LogP contribution in [-0.4, -0.2) is 34.8 Å². The lowest BCUT2D eigenvalue weighted by Gasteiger charge is -2.54. The molecule has 7 heteroatoms. The van der Waals surface area contributed by atoms with E-state index in [1.165, 1.54) is 32.1 Å². The Labute approximate surface area is 223 Å². The highest BCUT2D eigenvalue weighted by Gasteiger charge is 2.47. The summed E-state index contributed by atoms with van der Waals surface area (Å²) in [5.74, 6) is 3.39. The fourth-order valence-electron chi connectivity index (χ4n) is 7.28. The monoisotopic (exact) mass is 513 g/mol. The molecule has 1 aromatic heterocycles. The van der Waals surface area contributed by atoms with Crippen molar-refractivity contribution in [3.05, 3.63) is 70.4 Å². The number of carbonyl (C=O) groups is 1. The number of nitrogens with zero attached hydrogens (tertiary/aromatic N) is 3. The van der Waals surface area contributed by atoms with Crippen LogP contribution in [0.4, 0.5) is 0 Å². The second-order valence-corrected chi connectivity index (χ2v) is 11.5. The second kappa shape index (κ2) is 9.96. The van der Waals surface area contributed by atoms with Crippen LogP contribution in [0, 0.1) is 41.9 Å². The molecule has 0 saturated heterocycles. The molecule has 4 bridgehead atoms. The van der Waals surface area contributed by atoms with Crippen LogP contribution in [0.1, 0.15) is 53.7 Å². The Bertz CT molecular complexity index is 1310. The number of nitriles is 1. The zero-order valence-corrected chi connectivity index (χ0v) is 21.8. The minimum atomic E-state index is -0.174. The first-order valence-electron chi connectivity index (χ1n) is 13.4. The van der Waals surface area contributed by atoms with Crippen molar-refractivity contribution in [1.29, 1.82) is 5.26 Å². The number of halogens is 1. The lowest BCUT2D eigenvalue weighted by atomic mass is 9.54. The Balaban J connectivity index is 1.18. The van der Waals surface area contributed by atoms with Crippen LogP contribution in [0.2, 0.25) is 5.02 Å². The van der Waals surface area contributed by atoms with E-state index in [1.54, 1.807) is 16.8 Å². The van der Waals surface area contributed by atoms with Crippen molar-refractivity contribution in [3.63, 3.8) is 0 Å². The van der Waals surface area contributed by atoms with Crippen molar-refractivity contribution in [2.45, 2.75) is 45.1 Å². The quantitative estimate of drug-likeness (QED) is 0.408. The number of carbonyl (C=O) groups excluding carboxylic acids is 1. The van der Waals surface area contributed by atoms with Gasteiger partial charge in [-0.1, -0.05) is 23.7 Å². The Hall–Kier alpha value is -3.14. The zero-order valence-electron chi connectivity index (χ0n) is 21.1. The van der Waals surface area contributed by atoms with E-state index in [9.17, 15) is 10.1 Å². The summed E-state index contributed by atoms with van der Waals surface area (Å²) in [4.78, 5) is 13.3. The van der Waals surface area contributed by atoms with Gasteiger partial charge in [0.1, 0.15) is 0 Å². The van der Waals surface area contributed by atoms with Gasteiger partial charge < -0.3 is 10.6 Å². The third kappa shape index (κ3) is 4.67. The van der Waals surface area contributed by atoms with Crippen molar-refractivity contribution in [2.24, 2.45) is 23.7 Å². The Morgan fingerprint density at radius 2 is 1.65 bits per heavy atom. The number of hydrogen-bond donors (Lipinski definition) is 2. The molecule has 6 nitrogen and oxygen atoms in total. The summed E-state index contributed by atoms with van der Waals surface area (Å²) in [5.41, 5.74) is 4.32. The maximum Gasteiger partial charge on any atom is 0.272 e. The summed E-state index contributed by atoms with van der Waals surface area (Å²) in [7, 11) is 0. The van der Waals surface area contributed by atoms with Crippen LogP contribution in [0.5, 0.6) is 0 Å². The third-order valence-electron chi connectivity index (χ3n) is 8.71. The van der Waals surface area contributed by atoms with Crippen LogP contribution in [-0.2, 0) is 0 Å². The number of amides is 1. The largest absolute Gasteiger partial charge is 0.349 e. The predicted octanol–water partition coefficient (Wildman–Crippen LogP) is 5.52. The molecule has 1 amide bonds. The first kappa shape index (κ1) is 24.2. The normalized spacial score (nSPS) is 25.7. The summed E-state index contributed by atoms with van der Waals surface area (Å²) >= 11 is 6.13. The highest BCUT2D eigenvalue weighted by Crippen LogP contribution is 2.53. The van der Waals surface area contributed by atoms with E-state index in [1.807, 2.05) is 43.3 Å². The zero-order chi connectivity index (χ0) is 25.5. The third-order valence-corrected chi connectivity index (χ3v) is 8.97. The SMILES string of the molecule is Cc1c(C(=O)NCCNC2[C@H]3C[C@@H]4C[C@@H](C[C@H]2C4)C3)nn(-c2ccc(C#N)cc2)c1-c1ccc(Cl)cc1. The van der Waals surface area contributed by atoms with Gasteiger partial charge in [-0.15, -0.1) is 0 Å². The molecule has 4 aliphatic carbocycles. The molecule has 2 N–H and O–H groups in total. The fourth-order valence-corrected chi connectivity index (χ4v) is 7.41. The standard InChI is InChI=1S/C30H32ClN5O/c1-18-27(30(37)34-11-10-33-28-23-13-20-12-21(15-23)16-24(28)14-20)35-36(26-8-2-19(17-32)3-9-26)29(18)22-4-6-25(31)7-5-22/h2-9,20-21,23-24,28,33H,10-16H2,1H3,(H,34,37)/t20-,21+,23-,24+,28?. The van der Waals surface area contributed by atoms with Crippen molar-refractivity contribution in [3.8, 4) is 23.0 Å². The van der Waals surface area contributed by atoms with Gasteiger partial charge in [-0.05, 0) is 99.1 Å². The average molecular weight is 514 g/mol. The van der Waals surface area contributed by atoms with Gasteiger partial charge >= 0.3 is 0 Å². The van der Waals surface area contributed by atoms with Crippen molar-refractivity contribution in [1.82, 2.24) is 20.4 Å². The Morgan fingerprint density at radius 1 is 1.00 bits per heavy atom. The number of nitrogens with one attached hydrogen (secondary N) is 2. The molecular weight excluding hydrogens is 482 g/mol. The van der Waals surface area contributed by atoms with Gasteiger partial charge in [-0.2, -0.15) is 10.4 Å². The van der Waals surface area contributed by atoms with Crippen molar-refractivity contribution < 1.29 is 4.79 Å². The van der Waals surface area contributed by atoms with E-state index >= 15 is 0 Å². The maximum absolute atomic E-state index is 13.3. The van der Waals surface area contributed by atoms with Crippen LogP contribution in [0.25, 0.3) is 16.9 Å². The molecule has 1 heterocycles. The molecule has 37 heavy (non-hydrogen) atoms. The Morgan fingerprint density at radius 3 is 2.27 bits per heavy atom. The Kier molecular flexibility index (Phi) is 6.52. The van der Waals surface area contributed by atoms with E-state index in [2.05, 4.69) is 16.7 Å². The van der Waals surface area contributed by atoms with E-state index in [4.69, 9.17) is 16.7 Å². The van der Waals surface area contributed by atoms with Gasteiger partial charge in [0.2, 0.25) is 0 Å². The lowest BCUT2D eigenvalue weighted by Crippen LogP contribution is -2.55. The molecule has 7 rings (SSSR count). The van der Waals surface area contributed by atoms with E-state index in [0.29, 0.717) is 28.9 Å². The first-order valence-corrected chi connectivity index (χ1v) is 13.8. The topological polar surface area (TPSA) is 82.7 Å². The molecule has 0 unspecified atom stereocenters. The fraction of sp³-hybridized carbons (Fsp3) is 0.433. The van der Waals surface area contributed by atoms with Gasteiger partial charge in [0.15, 0.2) is 5.69 Å². The molecule has 0 atom stereocenters. The van der Waals surface area contributed by atoms with E-state index in [-0.39, 0.29) is 5.91 Å². The van der Waals surface area contributed by atoms with E-state index < -0.39 is 0 Å². The predicted molar refractivity (Wildman–Crippen MR) is 145 cm³/mol. The minimum Gasteiger partial charge on any atom is -0.349 e. The van der Waals surface area contributed by atoms with Gasteiger partial charge in [-0.25, -0.2) is 4.68 Å². The number of aromatic nitrogens is 2. The molecule has 0 spiro atoms. The molecule has 4 fully saturated rings. The van der Waals surface area contributed by atoms with Crippen molar-refractivity contribution >= 4 is 17.5 Å². The van der Waals surface area contributed by atoms with Gasteiger partial charge in [0, 0.05) is 35.3 Å². The summed E-state index contributed by atoms with van der Waals surface area (Å²) in [6.45, 7) is 3.28. The molecule has 3 aromatic rings. The van der Waals surface area contributed by atoms with Crippen LogP contribution >= 0.6 is 11.6 Å².